The van der Waals surface area contributed by atoms with E-state index in [2.05, 4.69) is 11.9 Å². The normalized spacial score (nSPS) is 26.2. The van der Waals surface area contributed by atoms with Gasteiger partial charge in [0.2, 0.25) is 0 Å². The Labute approximate surface area is 109 Å². The Bertz CT molecular complexity index is 287. The number of aliphatic carboxylic acids is 1. The number of hydrogen-bond acceptors (Lipinski definition) is 3. The first kappa shape index (κ1) is 13.8. The van der Waals surface area contributed by atoms with E-state index in [1.54, 1.807) is 0 Å². The molecule has 1 saturated heterocycles. The average molecular weight is 255 g/mol. The molecule has 0 aromatic carbocycles. The van der Waals surface area contributed by atoms with Gasteiger partial charge in [-0.3, -0.25) is 4.79 Å². The molecule has 0 radical (unpaired) electrons. The van der Waals surface area contributed by atoms with Gasteiger partial charge in [-0.25, -0.2) is 0 Å². The summed E-state index contributed by atoms with van der Waals surface area (Å²) >= 11 is 0. The first-order chi connectivity index (χ1) is 8.60. The van der Waals surface area contributed by atoms with E-state index in [0.717, 1.165) is 19.5 Å². The predicted molar refractivity (Wildman–Crippen MR) is 69.7 cm³/mol. The molecule has 0 aromatic heterocycles. The second-order valence-corrected chi connectivity index (χ2v) is 5.93. The number of carbonyl (C=O) groups is 1. The number of carboxylic acid groups (broad SMARTS) is 1. The summed E-state index contributed by atoms with van der Waals surface area (Å²) in [5.41, 5.74) is 0.215. The lowest BCUT2D eigenvalue weighted by atomic mass is 9.98. The first-order valence-electron chi connectivity index (χ1n) is 7.18. The van der Waals surface area contributed by atoms with Crippen molar-refractivity contribution in [3.05, 3.63) is 0 Å². The minimum absolute atomic E-state index is 0.215. The summed E-state index contributed by atoms with van der Waals surface area (Å²) in [6, 6.07) is 0. The fraction of sp³-hybridized carbons (Fsp3) is 0.929. The lowest BCUT2D eigenvalue weighted by Gasteiger charge is -2.26. The maximum Gasteiger partial charge on any atom is 0.303 e. The lowest BCUT2D eigenvalue weighted by Crippen LogP contribution is -2.33. The molecule has 1 heterocycles. The van der Waals surface area contributed by atoms with Gasteiger partial charge in [0.25, 0.3) is 0 Å². The molecule has 0 amide bonds. The predicted octanol–water partition coefficient (Wildman–Crippen LogP) is 2.27. The zero-order chi connectivity index (χ0) is 13.0. The monoisotopic (exact) mass is 255 g/mol. The Balaban J connectivity index is 1.66. The van der Waals surface area contributed by atoms with Crippen LogP contribution in [-0.4, -0.2) is 47.8 Å². The lowest BCUT2D eigenvalue weighted by molar-refractivity contribution is -0.137. The van der Waals surface area contributed by atoms with Crippen molar-refractivity contribution < 1.29 is 14.6 Å². The van der Waals surface area contributed by atoms with Gasteiger partial charge in [-0.1, -0.05) is 12.8 Å². The van der Waals surface area contributed by atoms with E-state index in [-0.39, 0.29) is 12.0 Å². The number of nitrogens with zero attached hydrogens (tertiary/aromatic N) is 1. The van der Waals surface area contributed by atoms with E-state index < -0.39 is 5.97 Å². The maximum atomic E-state index is 10.5. The summed E-state index contributed by atoms with van der Waals surface area (Å²) in [6.45, 7) is 1.79. The summed E-state index contributed by atoms with van der Waals surface area (Å²) in [5.74, 6) is -0.703. The molecule has 1 saturated carbocycles. The van der Waals surface area contributed by atoms with Gasteiger partial charge in [0, 0.05) is 13.0 Å². The van der Waals surface area contributed by atoms with Gasteiger partial charge in [0.15, 0.2) is 0 Å². The number of carboxylic acids is 1. The van der Waals surface area contributed by atoms with Crippen LogP contribution in [0.15, 0.2) is 0 Å². The van der Waals surface area contributed by atoms with Crippen LogP contribution in [0.2, 0.25) is 0 Å². The van der Waals surface area contributed by atoms with Crippen LogP contribution in [0.5, 0.6) is 0 Å². The van der Waals surface area contributed by atoms with Crippen LogP contribution in [0.3, 0.4) is 0 Å². The summed E-state index contributed by atoms with van der Waals surface area (Å²) in [7, 11) is 2.06. The molecule has 1 aliphatic heterocycles. The third-order valence-corrected chi connectivity index (χ3v) is 4.30. The Morgan fingerprint density at radius 3 is 2.78 bits per heavy atom. The molecule has 1 spiro atoms. The van der Waals surface area contributed by atoms with Crippen LogP contribution in [0, 0.1) is 0 Å². The van der Waals surface area contributed by atoms with Crippen molar-refractivity contribution in [1.29, 1.82) is 0 Å². The molecule has 0 aromatic rings. The molecule has 1 atom stereocenters. The zero-order valence-corrected chi connectivity index (χ0v) is 11.4. The Morgan fingerprint density at radius 1 is 1.39 bits per heavy atom. The van der Waals surface area contributed by atoms with Crippen molar-refractivity contribution in [2.45, 2.75) is 63.1 Å². The van der Waals surface area contributed by atoms with Crippen LogP contribution in [0.25, 0.3) is 0 Å². The van der Waals surface area contributed by atoms with E-state index >= 15 is 0 Å². The van der Waals surface area contributed by atoms with Crippen molar-refractivity contribution in [1.82, 2.24) is 4.90 Å². The number of hydrogen-bond donors (Lipinski definition) is 1. The van der Waals surface area contributed by atoms with Gasteiger partial charge >= 0.3 is 5.97 Å². The molecule has 0 bridgehead atoms. The quantitative estimate of drug-likeness (QED) is 0.791. The van der Waals surface area contributed by atoms with Crippen molar-refractivity contribution in [3.8, 4) is 0 Å². The van der Waals surface area contributed by atoms with Crippen LogP contribution >= 0.6 is 0 Å². The van der Waals surface area contributed by atoms with Crippen molar-refractivity contribution >= 4 is 5.97 Å². The van der Waals surface area contributed by atoms with Crippen LogP contribution in [0.4, 0.5) is 0 Å². The van der Waals surface area contributed by atoms with E-state index in [1.165, 1.54) is 38.5 Å². The van der Waals surface area contributed by atoms with Gasteiger partial charge in [-0.05, 0) is 45.7 Å². The third-order valence-electron chi connectivity index (χ3n) is 4.30. The molecule has 4 nitrogen and oxygen atoms in total. The second-order valence-electron chi connectivity index (χ2n) is 5.93. The van der Waals surface area contributed by atoms with Crippen LogP contribution in [0.1, 0.15) is 51.4 Å². The van der Waals surface area contributed by atoms with Gasteiger partial charge < -0.3 is 14.7 Å². The molecule has 2 rings (SSSR count). The summed E-state index contributed by atoms with van der Waals surface area (Å²) in [4.78, 5) is 12.7. The molecule has 1 aliphatic carbocycles. The molecular weight excluding hydrogens is 230 g/mol. The van der Waals surface area contributed by atoms with E-state index in [1.807, 2.05) is 0 Å². The first-order valence-corrected chi connectivity index (χ1v) is 7.18. The molecule has 1 N–H and O–H groups in total. The molecular formula is C14H25NO3. The molecule has 1 unspecified atom stereocenters. The second kappa shape index (κ2) is 6.02. The zero-order valence-electron chi connectivity index (χ0n) is 11.4. The Hall–Kier alpha value is -0.610. The third kappa shape index (κ3) is 3.69. The van der Waals surface area contributed by atoms with Crippen molar-refractivity contribution in [2.75, 3.05) is 20.1 Å². The van der Waals surface area contributed by atoms with Gasteiger partial charge in [-0.2, -0.15) is 0 Å². The fourth-order valence-corrected chi connectivity index (χ4v) is 3.35. The Morgan fingerprint density at radius 2 is 2.11 bits per heavy atom. The highest BCUT2D eigenvalue weighted by Crippen LogP contribution is 2.43. The summed E-state index contributed by atoms with van der Waals surface area (Å²) in [5, 5.41) is 8.61. The number of ether oxygens (including phenoxy) is 1. The minimum atomic E-state index is -0.703. The molecule has 4 heteroatoms. The molecule has 104 valence electrons. The maximum absolute atomic E-state index is 10.5. The van der Waals surface area contributed by atoms with Gasteiger partial charge in [0.1, 0.15) is 0 Å². The summed E-state index contributed by atoms with van der Waals surface area (Å²) in [6.07, 6.45) is 8.87. The smallest absolute Gasteiger partial charge is 0.303 e. The largest absolute Gasteiger partial charge is 0.481 e. The van der Waals surface area contributed by atoms with E-state index in [9.17, 15) is 4.79 Å². The van der Waals surface area contributed by atoms with Crippen LogP contribution in [-0.2, 0) is 9.53 Å². The highest BCUT2D eigenvalue weighted by Gasteiger charge is 2.42. The Kier molecular flexibility index (Phi) is 4.62. The van der Waals surface area contributed by atoms with E-state index in [0.29, 0.717) is 6.10 Å². The number of likely N-dealkylation sites (N-methyl/N-ethyl adjacent to an activating group) is 1. The topological polar surface area (TPSA) is 49.8 Å². The summed E-state index contributed by atoms with van der Waals surface area (Å²) < 4.78 is 6.25. The van der Waals surface area contributed by atoms with Gasteiger partial charge in [-0.15, -0.1) is 0 Å². The SMILES string of the molecule is CN(CCCC(=O)O)CC1CCC2(CCCC2)O1. The number of rotatable bonds is 6. The van der Waals surface area contributed by atoms with Crippen LogP contribution < -0.4 is 0 Å². The molecule has 18 heavy (non-hydrogen) atoms. The highest BCUT2D eigenvalue weighted by atomic mass is 16.5. The highest BCUT2D eigenvalue weighted by molar-refractivity contribution is 5.66. The fourth-order valence-electron chi connectivity index (χ4n) is 3.35. The van der Waals surface area contributed by atoms with Crippen molar-refractivity contribution in [2.24, 2.45) is 0 Å². The average Bonchev–Trinajstić information content (AvgIpc) is 2.90. The minimum Gasteiger partial charge on any atom is -0.481 e. The van der Waals surface area contributed by atoms with E-state index in [4.69, 9.17) is 9.84 Å². The van der Waals surface area contributed by atoms with Crippen molar-refractivity contribution in [3.63, 3.8) is 0 Å². The van der Waals surface area contributed by atoms with Gasteiger partial charge in [0.05, 0.1) is 11.7 Å². The standard InChI is InChI=1S/C14H25NO3/c1-15(10-4-5-13(16)17)11-12-6-9-14(18-12)7-2-3-8-14/h12H,2-11H2,1H3,(H,16,17). The molecule has 2 aliphatic rings. The molecule has 2 fully saturated rings.